The summed E-state index contributed by atoms with van der Waals surface area (Å²) in [5, 5.41) is 3.92. The van der Waals surface area contributed by atoms with Gasteiger partial charge in [-0.2, -0.15) is 0 Å². The van der Waals surface area contributed by atoms with E-state index in [1.54, 1.807) is 32.5 Å². The lowest BCUT2D eigenvalue weighted by atomic mass is 10.0. The highest BCUT2D eigenvalue weighted by Gasteiger charge is 2.43. The highest BCUT2D eigenvalue weighted by molar-refractivity contribution is 7.80. The number of nitrogens with zero attached hydrogens (tertiary/aromatic N) is 2. The van der Waals surface area contributed by atoms with Crippen molar-refractivity contribution in [3.63, 3.8) is 0 Å². The van der Waals surface area contributed by atoms with Gasteiger partial charge in [-0.15, -0.1) is 0 Å². The molecule has 8 heteroatoms. The van der Waals surface area contributed by atoms with Crippen molar-refractivity contribution in [2.75, 3.05) is 19.1 Å². The predicted molar refractivity (Wildman–Crippen MR) is 132 cm³/mol. The summed E-state index contributed by atoms with van der Waals surface area (Å²) >= 11 is 5.78. The van der Waals surface area contributed by atoms with Crippen LogP contribution in [0.1, 0.15) is 23.5 Å². The van der Waals surface area contributed by atoms with Gasteiger partial charge in [0.2, 0.25) is 0 Å². The normalized spacial score (nSPS) is 17.5. The largest absolute Gasteiger partial charge is 0.497 e. The SMILES string of the molecule is COc1ccc(N2C(=S)N[C@@H](c3ccccn3)[C@H]2c2ccc(-c3ccc(F)cc3)o2)c(OC)c1. The summed E-state index contributed by atoms with van der Waals surface area (Å²) in [4.78, 5) is 6.53. The summed E-state index contributed by atoms with van der Waals surface area (Å²) in [6.07, 6.45) is 1.75. The van der Waals surface area contributed by atoms with Crippen molar-refractivity contribution in [3.8, 4) is 22.8 Å². The molecule has 1 fully saturated rings. The van der Waals surface area contributed by atoms with Crippen molar-refractivity contribution in [1.29, 1.82) is 0 Å². The van der Waals surface area contributed by atoms with E-state index in [0.29, 0.717) is 28.1 Å². The van der Waals surface area contributed by atoms with Crippen molar-refractivity contribution >= 4 is 23.0 Å². The number of methoxy groups -OCH3 is 2. The number of nitrogens with one attached hydrogen (secondary N) is 1. The van der Waals surface area contributed by atoms with Crippen LogP contribution < -0.4 is 19.7 Å². The molecule has 0 amide bonds. The zero-order chi connectivity index (χ0) is 23.7. The minimum absolute atomic E-state index is 0.271. The summed E-state index contributed by atoms with van der Waals surface area (Å²) in [5.74, 6) is 2.30. The zero-order valence-electron chi connectivity index (χ0n) is 18.6. The van der Waals surface area contributed by atoms with Gasteiger partial charge in [-0.05, 0) is 72.9 Å². The molecule has 1 saturated heterocycles. The number of anilines is 1. The van der Waals surface area contributed by atoms with Crippen LogP contribution in [-0.4, -0.2) is 24.3 Å². The molecular formula is C26H22FN3O3S. The van der Waals surface area contributed by atoms with Crippen LogP contribution in [0.5, 0.6) is 11.5 Å². The summed E-state index contributed by atoms with van der Waals surface area (Å²) in [6, 6.07) is 20.7. The van der Waals surface area contributed by atoms with E-state index >= 15 is 0 Å². The number of ether oxygens (including phenoxy) is 2. The van der Waals surface area contributed by atoms with Crippen LogP contribution in [0.3, 0.4) is 0 Å². The minimum atomic E-state index is -0.348. The molecule has 0 spiro atoms. The molecule has 0 radical (unpaired) electrons. The number of rotatable bonds is 6. The van der Waals surface area contributed by atoms with E-state index in [-0.39, 0.29) is 17.9 Å². The molecule has 1 N–H and O–H groups in total. The van der Waals surface area contributed by atoms with Gasteiger partial charge in [0.1, 0.15) is 34.9 Å². The fraction of sp³-hybridized carbons (Fsp3) is 0.154. The Morgan fingerprint density at radius 2 is 1.82 bits per heavy atom. The molecule has 2 atom stereocenters. The molecule has 172 valence electrons. The van der Waals surface area contributed by atoms with Gasteiger partial charge in [0.25, 0.3) is 0 Å². The van der Waals surface area contributed by atoms with Crippen LogP contribution >= 0.6 is 12.2 Å². The third-order valence-corrected chi connectivity index (χ3v) is 6.11. The van der Waals surface area contributed by atoms with Gasteiger partial charge >= 0.3 is 0 Å². The van der Waals surface area contributed by atoms with Gasteiger partial charge < -0.3 is 24.1 Å². The first-order chi connectivity index (χ1) is 16.6. The lowest BCUT2D eigenvalue weighted by Crippen LogP contribution is -2.29. The minimum Gasteiger partial charge on any atom is -0.497 e. The van der Waals surface area contributed by atoms with Crippen LogP contribution in [0.15, 0.2) is 83.4 Å². The lowest BCUT2D eigenvalue weighted by Gasteiger charge is -2.27. The third-order valence-electron chi connectivity index (χ3n) is 5.79. The van der Waals surface area contributed by atoms with E-state index in [9.17, 15) is 4.39 Å². The Morgan fingerprint density at radius 3 is 2.53 bits per heavy atom. The van der Waals surface area contributed by atoms with Gasteiger partial charge in [0.05, 0.1) is 31.6 Å². The molecule has 0 saturated carbocycles. The maximum absolute atomic E-state index is 13.4. The average Bonchev–Trinajstić information content (AvgIpc) is 3.49. The number of furan rings is 1. The number of benzene rings is 2. The monoisotopic (exact) mass is 475 g/mol. The maximum atomic E-state index is 13.4. The molecule has 0 aliphatic carbocycles. The van der Waals surface area contributed by atoms with E-state index in [4.69, 9.17) is 26.1 Å². The number of hydrogen-bond donors (Lipinski definition) is 1. The van der Waals surface area contributed by atoms with Crippen LogP contribution in [0.25, 0.3) is 11.3 Å². The van der Waals surface area contributed by atoms with Crippen molar-refractivity contribution in [2.24, 2.45) is 0 Å². The summed E-state index contributed by atoms with van der Waals surface area (Å²) in [7, 11) is 3.21. The van der Waals surface area contributed by atoms with Gasteiger partial charge in [-0.3, -0.25) is 4.98 Å². The Morgan fingerprint density at radius 1 is 1.00 bits per heavy atom. The Hall–Kier alpha value is -3.91. The predicted octanol–water partition coefficient (Wildman–Crippen LogP) is 5.68. The Kier molecular flexibility index (Phi) is 5.90. The quantitative estimate of drug-likeness (QED) is 0.360. The molecule has 0 bridgehead atoms. The van der Waals surface area contributed by atoms with Gasteiger partial charge in [0.15, 0.2) is 5.11 Å². The number of hydrogen-bond acceptors (Lipinski definition) is 5. The molecule has 1 aliphatic rings. The Balaban J connectivity index is 1.62. The molecule has 5 rings (SSSR count). The maximum Gasteiger partial charge on any atom is 0.174 e. The number of pyridine rings is 1. The van der Waals surface area contributed by atoms with E-state index in [1.165, 1.54) is 12.1 Å². The second-order valence-electron chi connectivity index (χ2n) is 7.74. The molecule has 3 heterocycles. The number of thiocarbonyl (C=S) groups is 1. The standard InChI is InChI=1S/C26H22FN3O3S/c1-31-18-10-11-20(23(15-18)32-2)30-25(24(29-26(30)34)19-5-3-4-14-28-19)22-13-12-21(33-22)16-6-8-17(27)9-7-16/h3-15,24-25H,1-2H3,(H,29,34)/t24-,25+/m0/s1. The fourth-order valence-electron chi connectivity index (χ4n) is 4.17. The van der Waals surface area contributed by atoms with Gasteiger partial charge in [-0.25, -0.2) is 4.39 Å². The first kappa shape index (κ1) is 21.9. The molecule has 0 unspecified atom stereocenters. The van der Waals surface area contributed by atoms with Crippen LogP contribution in [-0.2, 0) is 0 Å². The Bertz CT molecular complexity index is 1310. The number of halogens is 1. The molecule has 4 aromatic rings. The van der Waals surface area contributed by atoms with Crippen molar-refractivity contribution < 1.29 is 18.3 Å². The average molecular weight is 476 g/mol. The van der Waals surface area contributed by atoms with Crippen LogP contribution in [0.2, 0.25) is 0 Å². The van der Waals surface area contributed by atoms with Gasteiger partial charge in [0, 0.05) is 17.8 Å². The van der Waals surface area contributed by atoms with Crippen molar-refractivity contribution in [1.82, 2.24) is 10.3 Å². The molecule has 6 nitrogen and oxygen atoms in total. The summed E-state index contributed by atoms with van der Waals surface area (Å²) in [5.41, 5.74) is 2.37. The molecule has 2 aromatic carbocycles. The van der Waals surface area contributed by atoms with E-state index in [2.05, 4.69) is 10.3 Å². The fourth-order valence-corrected chi connectivity index (χ4v) is 4.51. The smallest absolute Gasteiger partial charge is 0.174 e. The third kappa shape index (κ3) is 3.97. The lowest BCUT2D eigenvalue weighted by molar-refractivity contribution is 0.392. The Labute approximate surface area is 201 Å². The van der Waals surface area contributed by atoms with Gasteiger partial charge in [-0.1, -0.05) is 6.07 Å². The molecular weight excluding hydrogens is 453 g/mol. The summed E-state index contributed by atoms with van der Waals surface area (Å²) in [6.45, 7) is 0. The highest BCUT2D eigenvalue weighted by atomic mass is 32.1. The van der Waals surface area contributed by atoms with Crippen molar-refractivity contribution in [3.05, 3.63) is 96.3 Å². The highest BCUT2D eigenvalue weighted by Crippen LogP contribution is 2.46. The van der Waals surface area contributed by atoms with E-state index < -0.39 is 0 Å². The first-order valence-electron chi connectivity index (χ1n) is 10.7. The second-order valence-corrected chi connectivity index (χ2v) is 8.13. The second kappa shape index (κ2) is 9.15. The first-order valence-corrected chi connectivity index (χ1v) is 11.1. The molecule has 34 heavy (non-hydrogen) atoms. The zero-order valence-corrected chi connectivity index (χ0v) is 19.4. The van der Waals surface area contributed by atoms with E-state index in [0.717, 1.165) is 16.9 Å². The summed E-state index contributed by atoms with van der Waals surface area (Å²) < 4.78 is 30.7. The van der Waals surface area contributed by atoms with Crippen molar-refractivity contribution in [2.45, 2.75) is 12.1 Å². The topological polar surface area (TPSA) is 59.8 Å². The van der Waals surface area contributed by atoms with Crippen LogP contribution in [0, 0.1) is 5.82 Å². The van der Waals surface area contributed by atoms with E-state index in [1.807, 2.05) is 53.4 Å². The van der Waals surface area contributed by atoms with Crippen LogP contribution in [0.4, 0.5) is 10.1 Å². The number of aromatic nitrogens is 1. The molecule has 1 aliphatic heterocycles. The molecule has 2 aromatic heterocycles.